The molecule has 0 radical (unpaired) electrons. The second-order valence-electron chi connectivity index (χ2n) is 8.38. The van der Waals surface area contributed by atoms with E-state index in [-0.39, 0.29) is 18.3 Å². The maximum Gasteiger partial charge on any atom is 0.175 e. The van der Waals surface area contributed by atoms with Gasteiger partial charge in [0.05, 0.1) is 24.5 Å². The number of fused-ring (bicyclic) bond motifs is 1. The van der Waals surface area contributed by atoms with Crippen LogP contribution in [0.1, 0.15) is 29.7 Å². The molecule has 10 nitrogen and oxygen atoms in total. The van der Waals surface area contributed by atoms with Crippen LogP contribution in [0.3, 0.4) is 0 Å². The molecule has 174 valence electrons. The molecule has 1 aromatic carbocycles. The first kappa shape index (κ1) is 23.0. The minimum atomic E-state index is -0.0470. The van der Waals surface area contributed by atoms with Gasteiger partial charge in [0.1, 0.15) is 5.69 Å². The van der Waals surface area contributed by atoms with Gasteiger partial charge in [0.2, 0.25) is 0 Å². The monoisotopic (exact) mass is 450 g/mol. The Morgan fingerprint density at radius 1 is 1.39 bits per heavy atom. The van der Waals surface area contributed by atoms with Gasteiger partial charge in [0.25, 0.3) is 0 Å². The Hall–Kier alpha value is -3.21. The zero-order valence-corrected chi connectivity index (χ0v) is 18.8. The summed E-state index contributed by atoms with van der Waals surface area (Å²) in [5, 5.41) is 37.6. The van der Waals surface area contributed by atoms with Crippen LogP contribution in [0.4, 0.5) is 0 Å². The van der Waals surface area contributed by atoms with Crippen LogP contribution in [0, 0.1) is 16.7 Å². The number of hydrogen-bond acceptors (Lipinski definition) is 7. The SMILES string of the molecule is COCC1CCCN(Cc2ccc3[nH]nc(C(=N)/N=C(\C=N)n4cc(CCO)cn4)c3c2)C1. The topological polar surface area (TPSA) is 139 Å². The van der Waals surface area contributed by atoms with Crippen LogP contribution in [0.15, 0.2) is 35.6 Å². The van der Waals surface area contributed by atoms with E-state index in [2.05, 4.69) is 37.3 Å². The van der Waals surface area contributed by atoms with Crippen molar-refractivity contribution in [1.29, 1.82) is 10.8 Å². The molecule has 2 aromatic heterocycles. The van der Waals surface area contributed by atoms with Crippen molar-refractivity contribution in [3.63, 3.8) is 0 Å². The highest BCUT2D eigenvalue weighted by atomic mass is 16.5. The van der Waals surface area contributed by atoms with E-state index < -0.39 is 0 Å². The van der Waals surface area contributed by atoms with Gasteiger partial charge in [-0.3, -0.25) is 15.4 Å². The molecule has 0 bridgehead atoms. The van der Waals surface area contributed by atoms with E-state index in [9.17, 15) is 0 Å². The number of methoxy groups -OCH3 is 1. The van der Waals surface area contributed by atoms with E-state index >= 15 is 0 Å². The lowest BCUT2D eigenvalue weighted by atomic mass is 9.98. The third-order valence-corrected chi connectivity index (χ3v) is 5.89. The summed E-state index contributed by atoms with van der Waals surface area (Å²) in [6.45, 7) is 3.74. The van der Waals surface area contributed by atoms with Gasteiger partial charge in [-0.15, -0.1) is 0 Å². The summed E-state index contributed by atoms with van der Waals surface area (Å²) in [4.78, 5) is 6.75. The lowest BCUT2D eigenvalue weighted by Crippen LogP contribution is -2.36. The molecule has 1 atom stereocenters. The maximum atomic E-state index is 9.09. The summed E-state index contributed by atoms with van der Waals surface area (Å²) < 4.78 is 6.78. The molecule has 1 unspecified atom stereocenters. The summed E-state index contributed by atoms with van der Waals surface area (Å²) in [7, 11) is 1.76. The van der Waals surface area contributed by atoms with Gasteiger partial charge in [0.15, 0.2) is 11.7 Å². The van der Waals surface area contributed by atoms with Crippen molar-refractivity contribution in [2.24, 2.45) is 10.9 Å². The van der Waals surface area contributed by atoms with Gasteiger partial charge < -0.3 is 15.3 Å². The fraction of sp³-hybridized carbons (Fsp3) is 0.435. The number of aliphatic hydroxyl groups excluding tert-OH is 1. The average Bonchev–Trinajstić information content (AvgIpc) is 3.45. The summed E-state index contributed by atoms with van der Waals surface area (Å²) >= 11 is 0. The molecule has 1 fully saturated rings. The van der Waals surface area contributed by atoms with E-state index in [1.54, 1.807) is 19.5 Å². The molecule has 1 saturated heterocycles. The molecule has 1 aliphatic rings. The zero-order chi connectivity index (χ0) is 23.2. The standard InChI is InChI=1S/C23H30N8O2/c1-33-15-18-3-2-7-30(13-18)12-16-4-5-20-19(9-16)22(29-28-20)23(25)27-21(10-24)31-14-17(6-8-32)11-26-31/h4-5,9-11,14,18,24-25,32H,2-3,6-8,12-13,15H2,1H3,(H,28,29)/b24-10?,25-23?,27-21+. The molecule has 3 aromatic rings. The highest BCUT2D eigenvalue weighted by Gasteiger charge is 2.20. The predicted octanol–water partition coefficient (Wildman–Crippen LogP) is 2.07. The van der Waals surface area contributed by atoms with Gasteiger partial charge in [-0.05, 0) is 55.0 Å². The van der Waals surface area contributed by atoms with Crippen LogP contribution in [-0.4, -0.2) is 81.3 Å². The third-order valence-electron chi connectivity index (χ3n) is 5.89. The number of hydrogen-bond donors (Lipinski definition) is 4. The smallest absolute Gasteiger partial charge is 0.175 e. The van der Waals surface area contributed by atoms with E-state index in [1.165, 1.54) is 17.5 Å². The van der Waals surface area contributed by atoms with Gasteiger partial charge in [-0.2, -0.15) is 10.2 Å². The number of aromatic nitrogens is 4. The first-order chi connectivity index (χ1) is 16.1. The lowest BCUT2D eigenvalue weighted by molar-refractivity contribution is 0.0874. The molecule has 0 amide bonds. The normalized spacial score (nSPS) is 17.5. The second kappa shape index (κ2) is 10.6. The van der Waals surface area contributed by atoms with Crippen molar-refractivity contribution in [2.45, 2.75) is 25.8 Å². The van der Waals surface area contributed by atoms with Crippen molar-refractivity contribution in [1.82, 2.24) is 24.9 Å². The number of aliphatic hydroxyl groups is 1. The Morgan fingerprint density at radius 2 is 2.27 bits per heavy atom. The predicted molar refractivity (Wildman–Crippen MR) is 127 cm³/mol. The van der Waals surface area contributed by atoms with Crippen molar-refractivity contribution in [3.05, 3.63) is 47.4 Å². The Kier molecular flexibility index (Phi) is 7.38. The molecule has 4 rings (SSSR count). The van der Waals surface area contributed by atoms with E-state index in [0.717, 1.165) is 54.5 Å². The molecule has 33 heavy (non-hydrogen) atoms. The Morgan fingerprint density at radius 3 is 3.06 bits per heavy atom. The third kappa shape index (κ3) is 5.41. The molecule has 10 heteroatoms. The van der Waals surface area contributed by atoms with Crippen LogP contribution >= 0.6 is 0 Å². The van der Waals surface area contributed by atoms with Gasteiger partial charge >= 0.3 is 0 Å². The summed E-state index contributed by atoms with van der Waals surface area (Å²) in [6.07, 6.45) is 7.22. The van der Waals surface area contributed by atoms with Crippen LogP contribution in [0.25, 0.3) is 10.9 Å². The number of benzene rings is 1. The largest absolute Gasteiger partial charge is 0.396 e. The summed E-state index contributed by atoms with van der Waals surface area (Å²) in [6, 6.07) is 6.14. The maximum absolute atomic E-state index is 9.09. The number of aromatic amines is 1. The fourth-order valence-electron chi connectivity index (χ4n) is 4.33. The van der Waals surface area contributed by atoms with Gasteiger partial charge in [0, 0.05) is 38.4 Å². The summed E-state index contributed by atoms with van der Waals surface area (Å²) in [5.74, 6) is 0.724. The summed E-state index contributed by atoms with van der Waals surface area (Å²) in [5.41, 5.74) is 3.27. The number of aliphatic imine (C=N–C) groups is 1. The van der Waals surface area contributed by atoms with Crippen LogP contribution in [0.2, 0.25) is 0 Å². The molecule has 0 aliphatic carbocycles. The number of piperidine rings is 1. The van der Waals surface area contributed by atoms with E-state index in [0.29, 0.717) is 18.0 Å². The average molecular weight is 451 g/mol. The number of rotatable bonds is 8. The first-order valence-electron chi connectivity index (χ1n) is 11.1. The molecule has 0 spiro atoms. The Bertz CT molecular complexity index is 1150. The number of nitrogens with zero attached hydrogens (tertiary/aromatic N) is 5. The second-order valence-corrected chi connectivity index (χ2v) is 8.38. The molecule has 4 N–H and O–H groups in total. The van der Waals surface area contributed by atoms with Crippen molar-refractivity contribution in [3.8, 4) is 0 Å². The van der Waals surface area contributed by atoms with E-state index in [4.69, 9.17) is 20.7 Å². The highest BCUT2D eigenvalue weighted by Crippen LogP contribution is 2.22. The molecular formula is C23H30N8O2. The van der Waals surface area contributed by atoms with Gasteiger partial charge in [-0.25, -0.2) is 9.67 Å². The first-order valence-corrected chi connectivity index (χ1v) is 11.1. The highest BCUT2D eigenvalue weighted by molar-refractivity contribution is 6.32. The Labute approximate surface area is 192 Å². The quantitative estimate of drug-likeness (QED) is 0.307. The molecule has 3 heterocycles. The molecular weight excluding hydrogens is 420 g/mol. The zero-order valence-electron chi connectivity index (χ0n) is 18.8. The number of likely N-dealkylation sites (tertiary alicyclic amines) is 1. The minimum absolute atomic E-state index is 0.0185. The van der Waals surface area contributed by atoms with Crippen LogP contribution in [0.5, 0.6) is 0 Å². The van der Waals surface area contributed by atoms with Crippen molar-refractivity contribution < 1.29 is 9.84 Å². The number of nitrogens with one attached hydrogen (secondary N) is 3. The number of H-pyrrole nitrogens is 1. The fourth-order valence-corrected chi connectivity index (χ4v) is 4.33. The van der Waals surface area contributed by atoms with Crippen LogP contribution in [-0.2, 0) is 17.7 Å². The van der Waals surface area contributed by atoms with Gasteiger partial charge in [-0.1, -0.05) is 6.07 Å². The number of amidine groups is 1. The van der Waals surface area contributed by atoms with Crippen molar-refractivity contribution >= 4 is 28.8 Å². The Balaban J connectivity index is 1.54. The molecule has 0 saturated carbocycles. The minimum Gasteiger partial charge on any atom is -0.396 e. The molecule has 1 aliphatic heterocycles. The van der Waals surface area contributed by atoms with Crippen molar-refractivity contribution in [2.75, 3.05) is 33.4 Å². The van der Waals surface area contributed by atoms with Crippen LogP contribution < -0.4 is 0 Å². The van der Waals surface area contributed by atoms with E-state index in [1.807, 2.05) is 6.07 Å². The number of ether oxygens (including phenoxy) is 1. The lowest BCUT2D eigenvalue weighted by Gasteiger charge is -2.32.